The third-order valence-corrected chi connectivity index (χ3v) is 5.08. The Morgan fingerprint density at radius 3 is 2.85 bits per heavy atom. The molecule has 2 aromatic heterocycles. The monoisotopic (exact) mass is 374 g/mol. The Bertz CT molecular complexity index is 742. The van der Waals surface area contributed by atoms with Crippen molar-refractivity contribution in [2.24, 2.45) is 0 Å². The highest BCUT2D eigenvalue weighted by molar-refractivity contribution is 7.13. The maximum absolute atomic E-state index is 12.3. The molecule has 0 aromatic carbocycles. The Morgan fingerprint density at radius 2 is 2.15 bits per heavy atom. The molecular formula is C18H22N4O3S. The molecule has 1 aliphatic heterocycles. The van der Waals surface area contributed by atoms with Crippen molar-refractivity contribution in [3.8, 4) is 10.7 Å². The number of carbonyl (C=O) groups excluding carboxylic acids is 2. The van der Waals surface area contributed by atoms with Crippen molar-refractivity contribution >= 4 is 23.3 Å². The topological polar surface area (TPSA) is 84.4 Å². The summed E-state index contributed by atoms with van der Waals surface area (Å²) in [4.78, 5) is 34.4. The molecule has 1 N–H and O–H groups in total. The second-order valence-corrected chi connectivity index (χ2v) is 6.92. The predicted octanol–water partition coefficient (Wildman–Crippen LogP) is 2.48. The largest absolute Gasteiger partial charge is 0.450 e. The quantitative estimate of drug-likeness (QED) is 0.869. The zero-order valence-corrected chi connectivity index (χ0v) is 15.5. The Balaban J connectivity index is 1.47. The molecule has 0 spiro atoms. The van der Waals surface area contributed by atoms with Crippen LogP contribution < -0.4 is 5.32 Å². The van der Waals surface area contributed by atoms with E-state index in [0.717, 1.165) is 29.2 Å². The van der Waals surface area contributed by atoms with Crippen LogP contribution in [0.1, 0.15) is 25.5 Å². The van der Waals surface area contributed by atoms with Crippen LogP contribution in [0.5, 0.6) is 0 Å². The number of hydrogen-bond acceptors (Lipinski definition) is 6. The van der Waals surface area contributed by atoms with Crippen molar-refractivity contribution in [2.45, 2.75) is 32.2 Å². The minimum atomic E-state index is -0.276. The summed E-state index contributed by atoms with van der Waals surface area (Å²) in [5.41, 5.74) is 1.56. The van der Waals surface area contributed by atoms with Gasteiger partial charge in [0, 0.05) is 30.7 Å². The number of nitrogens with one attached hydrogen (secondary N) is 1. The van der Waals surface area contributed by atoms with Crippen molar-refractivity contribution in [3.63, 3.8) is 0 Å². The first kappa shape index (κ1) is 18.3. The average molecular weight is 374 g/mol. The van der Waals surface area contributed by atoms with Gasteiger partial charge in [-0.05, 0) is 31.9 Å². The SMILES string of the molecule is CCOC(=O)N1CCC(NC(=O)Cc2csc(-c3ccccn3)n2)CC1. The molecule has 0 saturated carbocycles. The molecule has 2 amide bonds. The molecule has 1 aliphatic rings. The van der Waals surface area contributed by atoms with E-state index in [4.69, 9.17) is 4.74 Å². The number of carbonyl (C=O) groups is 2. The second kappa shape index (κ2) is 8.75. The Labute approximate surface area is 156 Å². The van der Waals surface area contributed by atoms with Crippen LogP contribution in [-0.4, -0.2) is 52.6 Å². The van der Waals surface area contributed by atoms with E-state index in [1.54, 1.807) is 18.0 Å². The minimum absolute atomic E-state index is 0.0440. The van der Waals surface area contributed by atoms with E-state index in [1.807, 2.05) is 23.6 Å². The van der Waals surface area contributed by atoms with Crippen LogP contribution in [0.4, 0.5) is 4.79 Å². The summed E-state index contributed by atoms with van der Waals surface area (Å²) >= 11 is 1.49. The maximum atomic E-state index is 12.3. The first-order valence-electron chi connectivity index (χ1n) is 8.72. The molecule has 8 heteroatoms. The van der Waals surface area contributed by atoms with Crippen LogP contribution in [0, 0.1) is 0 Å². The summed E-state index contributed by atoms with van der Waals surface area (Å²) in [6, 6.07) is 5.76. The van der Waals surface area contributed by atoms with Gasteiger partial charge in [0.05, 0.1) is 24.4 Å². The average Bonchev–Trinajstić information content (AvgIpc) is 3.11. The highest BCUT2D eigenvalue weighted by atomic mass is 32.1. The van der Waals surface area contributed by atoms with E-state index >= 15 is 0 Å². The van der Waals surface area contributed by atoms with E-state index in [9.17, 15) is 9.59 Å². The Kier molecular flexibility index (Phi) is 6.17. The van der Waals surface area contributed by atoms with Gasteiger partial charge in [-0.3, -0.25) is 9.78 Å². The number of ether oxygens (including phenoxy) is 1. The molecule has 0 unspecified atom stereocenters. The lowest BCUT2D eigenvalue weighted by Crippen LogP contribution is -2.47. The molecule has 0 bridgehead atoms. The number of likely N-dealkylation sites (tertiary alicyclic amines) is 1. The highest BCUT2D eigenvalue weighted by Crippen LogP contribution is 2.21. The summed E-state index contributed by atoms with van der Waals surface area (Å²) in [6.07, 6.45) is 3.18. The van der Waals surface area contributed by atoms with Crippen LogP contribution in [0.2, 0.25) is 0 Å². The molecule has 2 aromatic rings. The molecule has 3 rings (SSSR count). The van der Waals surface area contributed by atoms with Crippen LogP contribution in [0.3, 0.4) is 0 Å². The third kappa shape index (κ3) is 4.78. The fourth-order valence-corrected chi connectivity index (χ4v) is 3.65. The number of piperidine rings is 1. The number of nitrogens with zero attached hydrogens (tertiary/aromatic N) is 3. The molecular weight excluding hydrogens is 352 g/mol. The zero-order valence-electron chi connectivity index (χ0n) is 14.7. The third-order valence-electron chi connectivity index (χ3n) is 4.16. The van der Waals surface area contributed by atoms with Gasteiger partial charge in [-0.1, -0.05) is 6.07 Å². The first-order chi connectivity index (χ1) is 12.7. The number of aromatic nitrogens is 2. The van der Waals surface area contributed by atoms with Crippen molar-refractivity contribution in [3.05, 3.63) is 35.5 Å². The van der Waals surface area contributed by atoms with Crippen molar-refractivity contribution in [2.75, 3.05) is 19.7 Å². The number of pyridine rings is 1. The van der Waals surface area contributed by atoms with Gasteiger partial charge in [-0.25, -0.2) is 9.78 Å². The number of amides is 2. The van der Waals surface area contributed by atoms with Crippen LogP contribution >= 0.6 is 11.3 Å². The van der Waals surface area contributed by atoms with Crippen LogP contribution in [-0.2, 0) is 16.0 Å². The van der Waals surface area contributed by atoms with E-state index < -0.39 is 0 Å². The van der Waals surface area contributed by atoms with Gasteiger partial charge >= 0.3 is 6.09 Å². The van der Waals surface area contributed by atoms with E-state index in [-0.39, 0.29) is 24.5 Å². The Hall–Kier alpha value is -2.48. The van der Waals surface area contributed by atoms with Crippen molar-refractivity contribution in [1.82, 2.24) is 20.2 Å². The maximum Gasteiger partial charge on any atom is 0.409 e. The molecule has 0 atom stereocenters. The summed E-state index contributed by atoms with van der Waals surface area (Å²) in [7, 11) is 0. The Morgan fingerprint density at radius 1 is 1.35 bits per heavy atom. The lowest BCUT2D eigenvalue weighted by atomic mass is 10.1. The van der Waals surface area contributed by atoms with Gasteiger partial charge in [0.1, 0.15) is 5.01 Å². The van der Waals surface area contributed by atoms with Gasteiger partial charge in [0.25, 0.3) is 0 Å². The number of thiazole rings is 1. The molecule has 0 aliphatic carbocycles. The summed E-state index contributed by atoms with van der Waals surface area (Å²) in [6.45, 7) is 3.38. The predicted molar refractivity (Wildman–Crippen MR) is 98.8 cm³/mol. The van der Waals surface area contributed by atoms with E-state index in [1.165, 1.54) is 11.3 Å². The van der Waals surface area contributed by atoms with E-state index in [2.05, 4.69) is 15.3 Å². The van der Waals surface area contributed by atoms with Gasteiger partial charge in [-0.15, -0.1) is 11.3 Å². The van der Waals surface area contributed by atoms with Crippen LogP contribution in [0.15, 0.2) is 29.8 Å². The summed E-state index contributed by atoms with van der Waals surface area (Å²) in [5.74, 6) is -0.0440. The van der Waals surface area contributed by atoms with E-state index in [0.29, 0.717) is 19.7 Å². The van der Waals surface area contributed by atoms with Gasteiger partial charge < -0.3 is 15.0 Å². The molecule has 3 heterocycles. The fourth-order valence-electron chi connectivity index (χ4n) is 2.86. The van der Waals surface area contributed by atoms with Gasteiger partial charge in [-0.2, -0.15) is 0 Å². The number of rotatable bonds is 5. The van der Waals surface area contributed by atoms with Crippen LogP contribution in [0.25, 0.3) is 10.7 Å². The van der Waals surface area contributed by atoms with Crippen molar-refractivity contribution < 1.29 is 14.3 Å². The lowest BCUT2D eigenvalue weighted by molar-refractivity contribution is -0.121. The minimum Gasteiger partial charge on any atom is -0.450 e. The van der Waals surface area contributed by atoms with Gasteiger partial charge in [0.15, 0.2) is 0 Å². The summed E-state index contributed by atoms with van der Waals surface area (Å²) < 4.78 is 5.00. The highest BCUT2D eigenvalue weighted by Gasteiger charge is 2.24. The molecule has 1 fully saturated rings. The molecule has 138 valence electrons. The smallest absolute Gasteiger partial charge is 0.409 e. The fraction of sp³-hybridized carbons (Fsp3) is 0.444. The van der Waals surface area contributed by atoms with Gasteiger partial charge in [0.2, 0.25) is 5.91 Å². The zero-order chi connectivity index (χ0) is 18.4. The summed E-state index contributed by atoms with van der Waals surface area (Å²) in [5, 5.41) is 5.75. The number of hydrogen-bond donors (Lipinski definition) is 1. The molecule has 7 nitrogen and oxygen atoms in total. The molecule has 1 saturated heterocycles. The second-order valence-electron chi connectivity index (χ2n) is 6.06. The molecule has 0 radical (unpaired) electrons. The normalized spacial score (nSPS) is 14.9. The van der Waals surface area contributed by atoms with Crippen molar-refractivity contribution in [1.29, 1.82) is 0 Å². The standard InChI is InChI=1S/C18H22N4O3S/c1-2-25-18(24)22-9-6-13(7-10-22)20-16(23)11-14-12-26-17(21-14)15-5-3-4-8-19-15/h3-5,8,12-13H,2,6-7,9-11H2,1H3,(H,20,23). The lowest BCUT2D eigenvalue weighted by Gasteiger charge is -2.31. The first-order valence-corrected chi connectivity index (χ1v) is 9.60. The molecule has 26 heavy (non-hydrogen) atoms.